The van der Waals surface area contributed by atoms with Crippen LogP contribution in [0.3, 0.4) is 0 Å². The smallest absolute Gasteiger partial charge is 0.0340 e. The maximum atomic E-state index is 3.54. The van der Waals surface area contributed by atoms with Crippen LogP contribution in [-0.4, -0.2) is 55.1 Å². The molecule has 2 aliphatic rings. The van der Waals surface area contributed by atoms with Gasteiger partial charge in [0.1, 0.15) is 0 Å². The predicted octanol–water partition coefficient (Wildman–Crippen LogP) is 2.97. The fourth-order valence-corrected chi connectivity index (χ4v) is 3.63. The average Bonchev–Trinajstić information content (AvgIpc) is 2.99. The minimum absolute atomic E-state index is 0.824. The first-order valence-electron chi connectivity index (χ1n) is 8.58. The highest BCUT2D eigenvalue weighted by Gasteiger charge is 2.27. The van der Waals surface area contributed by atoms with Gasteiger partial charge in [-0.1, -0.05) is 24.1 Å². The molecular formula is C18H29N3. The van der Waals surface area contributed by atoms with E-state index >= 15 is 0 Å². The first-order valence-corrected chi connectivity index (χ1v) is 8.58. The lowest BCUT2D eigenvalue weighted by Gasteiger charge is -2.32. The van der Waals surface area contributed by atoms with Gasteiger partial charge in [0.05, 0.1) is 0 Å². The molecule has 3 rings (SSSR count). The third-order valence-electron chi connectivity index (χ3n) is 4.96. The summed E-state index contributed by atoms with van der Waals surface area (Å²) in [7, 11) is 0. The molecule has 2 fully saturated rings. The lowest BCUT2D eigenvalue weighted by atomic mass is 10.1. The van der Waals surface area contributed by atoms with Crippen LogP contribution in [0.5, 0.6) is 0 Å². The van der Waals surface area contributed by atoms with Crippen LogP contribution in [0.2, 0.25) is 0 Å². The topological polar surface area (TPSA) is 18.5 Å². The van der Waals surface area contributed by atoms with Crippen molar-refractivity contribution in [3.8, 4) is 0 Å². The van der Waals surface area contributed by atoms with E-state index in [1.165, 1.54) is 63.1 Å². The van der Waals surface area contributed by atoms with E-state index in [0.717, 1.165) is 19.1 Å². The maximum absolute atomic E-state index is 3.54. The van der Waals surface area contributed by atoms with Crippen LogP contribution < -0.4 is 5.32 Å². The number of anilines is 1. The summed E-state index contributed by atoms with van der Waals surface area (Å²) < 4.78 is 0. The van der Waals surface area contributed by atoms with Gasteiger partial charge >= 0.3 is 0 Å². The van der Waals surface area contributed by atoms with Gasteiger partial charge in [0.15, 0.2) is 0 Å². The Hall–Kier alpha value is -1.06. The summed E-state index contributed by atoms with van der Waals surface area (Å²) in [6, 6.07) is 9.52. The molecule has 0 aliphatic carbocycles. The van der Waals surface area contributed by atoms with Gasteiger partial charge in [-0.2, -0.15) is 0 Å². The number of nitrogens with one attached hydrogen (secondary N) is 1. The van der Waals surface area contributed by atoms with Crippen molar-refractivity contribution in [1.29, 1.82) is 0 Å². The van der Waals surface area contributed by atoms with Crippen molar-refractivity contribution in [2.45, 2.75) is 38.6 Å². The molecule has 0 saturated carbocycles. The van der Waals surface area contributed by atoms with Crippen LogP contribution in [0.4, 0.5) is 5.69 Å². The summed E-state index contributed by atoms with van der Waals surface area (Å²) >= 11 is 0. The first-order chi connectivity index (χ1) is 10.3. The van der Waals surface area contributed by atoms with Crippen LogP contribution in [0.15, 0.2) is 24.3 Å². The molecule has 1 aromatic rings. The van der Waals surface area contributed by atoms with Crippen LogP contribution in [-0.2, 0) is 0 Å². The van der Waals surface area contributed by atoms with Gasteiger partial charge in [0.25, 0.3) is 0 Å². The Bertz CT molecular complexity index is 423. The molecule has 1 unspecified atom stereocenters. The summed E-state index contributed by atoms with van der Waals surface area (Å²) in [5.41, 5.74) is 2.57. The minimum atomic E-state index is 0.824. The normalized spacial score (nSPS) is 24.3. The SMILES string of the molecule is Cc1ccc(NCCN2CCC(N3CCCCC3)C2)cc1. The maximum Gasteiger partial charge on any atom is 0.0340 e. The number of aryl methyl sites for hydroxylation is 1. The lowest BCUT2D eigenvalue weighted by molar-refractivity contribution is 0.163. The lowest BCUT2D eigenvalue weighted by Crippen LogP contribution is -2.41. The Morgan fingerprint density at radius 3 is 2.57 bits per heavy atom. The number of benzene rings is 1. The van der Waals surface area contributed by atoms with Crippen molar-refractivity contribution < 1.29 is 0 Å². The van der Waals surface area contributed by atoms with E-state index in [1.807, 2.05) is 0 Å². The molecule has 0 spiro atoms. The van der Waals surface area contributed by atoms with Crippen molar-refractivity contribution >= 4 is 5.69 Å². The Morgan fingerprint density at radius 2 is 1.81 bits per heavy atom. The molecule has 0 radical (unpaired) electrons. The van der Waals surface area contributed by atoms with Crippen molar-refractivity contribution in [1.82, 2.24) is 9.80 Å². The van der Waals surface area contributed by atoms with Crippen molar-refractivity contribution in [3.63, 3.8) is 0 Å². The number of hydrogen-bond donors (Lipinski definition) is 1. The van der Waals surface area contributed by atoms with E-state index in [9.17, 15) is 0 Å². The number of piperidine rings is 1. The van der Waals surface area contributed by atoms with E-state index in [0.29, 0.717) is 0 Å². The average molecular weight is 287 g/mol. The van der Waals surface area contributed by atoms with Gasteiger partial charge in [-0.3, -0.25) is 9.80 Å². The van der Waals surface area contributed by atoms with Gasteiger partial charge in [-0.25, -0.2) is 0 Å². The van der Waals surface area contributed by atoms with Crippen LogP contribution >= 0.6 is 0 Å². The Balaban J connectivity index is 1.37. The molecule has 3 nitrogen and oxygen atoms in total. The van der Waals surface area contributed by atoms with Crippen LogP contribution in [0.25, 0.3) is 0 Å². The fraction of sp³-hybridized carbons (Fsp3) is 0.667. The highest BCUT2D eigenvalue weighted by Crippen LogP contribution is 2.20. The van der Waals surface area contributed by atoms with Gasteiger partial charge in [-0.05, 0) is 58.0 Å². The largest absolute Gasteiger partial charge is 0.384 e. The minimum Gasteiger partial charge on any atom is -0.384 e. The molecule has 0 bridgehead atoms. The fourth-order valence-electron chi connectivity index (χ4n) is 3.63. The molecule has 3 heteroatoms. The highest BCUT2D eigenvalue weighted by molar-refractivity contribution is 5.44. The third kappa shape index (κ3) is 4.21. The number of likely N-dealkylation sites (tertiary alicyclic amines) is 2. The van der Waals surface area contributed by atoms with E-state index in [2.05, 4.69) is 46.3 Å². The second-order valence-electron chi connectivity index (χ2n) is 6.63. The van der Waals surface area contributed by atoms with E-state index in [-0.39, 0.29) is 0 Å². The Morgan fingerprint density at radius 1 is 1.05 bits per heavy atom. The monoisotopic (exact) mass is 287 g/mol. The molecule has 1 N–H and O–H groups in total. The molecular weight excluding hydrogens is 258 g/mol. The second-order valence-corrected chi connectivity index (χ2v) is 6.63. The standard InChI is InChI=1S/C18H29N3/c1-16-5-7-17(8-6-16)19-10-14-20-13-9-18(15-20)21-11-3-2-4-12-21/h5-8,18-19H,2-4,9-15H2,1H3. The third-order valence-corrected chi connectivity index (χ3v) is 4.96. The molecule has 2 saturated heterocycles. The molecule has 0 amide bonds. The molecule has 2 heterocycles. The summed E-state index contributed by atoms with van der Waals surface area (Å²) in [5.74, 6) is 0. The highest BCUT2D eigenvalue weighted by atomic mass is 15.3. The summed E-state index contributed by atoms with van der Waals surface area (Å²) in [6.07, 6.45) is 5.62. The van der Waals surface area contributed by atoms with Crippen LogP contribution in [0, 0.1) is 6.92 Å². The molecule has 2 aliphatic heterocycles. The molecule has 1 aromatic carbocycles. The molecule has 116 valence electrons. The Labute approximate surface area is 129 Å². The zero-order valence-electron chi connectivity index (χ0n) is 13.4. The van der Waals surface area contributed by atoms with Gasteiger partial charge < -0.3 is 5.32 Å². The number of hydrogen-bond acceptors (Lipinski definition) is 3. The zero-order chi connectivity index (χ0) is 14.5. The Kier molecular flexibility index (Phi) is 5.15. The van der Waals surface area contributed by atoms with Gasteiger partial charge in [0, 0.05) is 31.4 Å². The van der Waals surface area contributed by atoms with Crippen molar-refractivity contribution in [2.24, 2.45) is 0 Å². The summed E-state index contributed by atoms with van der Waals surface area (Å²) in [6.45, 7) is 9.56. The van der Waals surface area contributed by atoms with E-state index < -0.39 is 0 Å². The van der Waals surface area contributed by atoms with E-state index in [4.69, 9.17) is 0 Å². The molecule has 21 heavy (non-hydrogen) atoms. The zero-order valence-corrected chi connectivity index (χ0v) is 13.4. The van der Waals surface area contributed by atoms with Crippen LogP contribution in [0.1, 0.15) is 31.2 Å². The quantitative estimate of drug-likeness (QED) is 0.898. The molecule has 0 aromatic heterocycles. The van der Waals surface area contributed by atoms with Gasteiger partial charge in [0.2, 0.25) is 0 Å². The second kappa shape index (κ2) is 7.28. The number of rotatable bonds is 5. The summed E-state index contributed by atoms with van der Waals surface area (Å²) in [4.78, 5) is 5.36. The predicted molar refractivity (Wildman–Crippen MR) is 89.9 cm³/mol. The van der Waals surface area contributed by atoms with Gasteiger partial charge in [-0.15, -0.1) is 0 Å². The number of nitrogens with zero attached hydrogens (tertiary/aromatic N) is 2. The van der Waals surface area contributed by atoms with E-state index in [1.54, 1.807) is 0 Å². The first kappa shape index (κ1) is 14.9. The van der Waals surface area contributed by atoms with Crippen molar-refractivity contribution in [2.75, 3.05) is 44.6 Å². The van der Waals surface area contributed by atoms with Crippen molar-refractivity contribution in [3.05, 3.63) is 29.8 Å². The summed E-state index contributed by atoms with van der Waals surface area (Å²) in [5, 5.41) is 3.54. The molecule has 1 atom stereocenters.